The van der Waals surface area contributed by atoms with Crippen molar-refractivity contribution in [3.63, 3.8) is 0 Å². The van der Waals surface area contributed by atoms with Crippen molar-refractivity contribution in [1.82, 2.24) is 15.0 Å². The van der Waals surface area contributed by atoms with Gasteiger partial charge >= 0.3 is 0 Å². The summed E-state index contributed by atoms with van der Waals surface area (Å²) in [6, 6.07) is 2.93. The molecule has 0 saturated heterocycles. The van der Waals surface area contributed by atoms with Crippen molar-refractivity contribution in [2.45, 2.75) is 37.8 Å². The molecule has 0 aliphatic heterocycles. The molecule has 0 aliphatic rings. The van der Waals surface area contributed by atoms with E-state index >= 15 is 0 Å². The van der Waals surface area contributed by atoms with Crippen LogP contribution in [-0.4, -0.2) is 31.4 Å². The van der Waals surface area contributed by atoms with Crippen molar-refractivity contribution in [1.29, 1.82) is 0 Å². The lowest BCUT2D eigenvalue weighted by Crippen LogP contribution is -2.45. The van der Waals surface area contributed by atoms with Crippen molar-refractivity contribution < 1.29 is 13.2 Å². The van der Waals surface area contributed by atoms with E-state index in [1.165, 1.54) is 18.3 Å². The lowest BCUT2D eigenvalue weighted by molar-refractivity contribution is -0.121. The SMILES string of the molecule is CC(C)(C)NC(=O)CNS(=O)(=O)c1ccc(CN)nc1. The first kappa shape index (κ1) is 16.5. The quantitative estimate of drug-likeness (QED) is 0.693. The van der Waals surface area contributed by atoms with Crippen LogP contribution in [0.4, 0.5) is 0 Å². The summed E-state index contributed by atoms with van der Waals surface area (Å²) >= 11 is 0. The predicted molar refractivity (Wildman–Crippen MR) is 75.2 cm³/mol. The minimum Gasteiger partial charge on any atom is -0.350 e. The molecule has 0 aliphatic carbocycles. The highest BCUT2D eigenvalue weighted by atomic mass is 32.2. The molecule has 20 heavy (non-hydrogen) atoms. The third kappa shape index (κ3) is 5.24. The van der Waals surface area contributed by atoms with Crippen molar-refractivity contribution in [2.75, 3.05) is 6.54 Å². The normalized spacial score (nSPS) is 12.2. The Labute approximate surface area is 119 Å². The number of pyridine rings is 1. The van der Waals surface area contributed by atoms with Crippen LogP contribution >= 0.6 is 0 Å². The summed E-state index contributed by atoms with van der Waals surface area (Å²) in [6.07, 6.45) is 1.21. The Morgan fingerprint density at radius 2 is 2.00 bits per heavy atom. The molecule has 0 fully saturated rings. The molecular formula is C12H20N4O3S. The monoisotopic (exact) mass is 300 g/mol. The zero-order valence-electron chi connectivity index (χ0n) is 11.8. The molecule has 8 heteroatoms. The van der Waals surface area contributed by atoms with Gasteiger partial charge in [0.2, 0.25) is 15.9 Å². The molecule has 1 aromatic rings. The van der Waals surface area contributed by atoms with Crippen LogP contribution in [0.3, 0.4) is 0 Å². The summed E-state index contributed by atoms with van der Waals surface area (Å²) in [4.78, 5) is 15.5. The Balaban J connectivity index is 2.68. The standard InChI is InChI=1S/C12H20N4O3S/c1-12(2,3)16-11(17)8-15-20(18,19)10-5-4-9(6-13)14-7-10/h4-5,7,15H,6,8,13H2,1-3H3,(H,16,17). The number of hydrogen-bond donors (Lipinski definition) is 3. The van der Waals surface area contributed by atoms with E-state index in [0.717, 1.165) is 0 Å². The molecule has 1 amide bonds. The number of carbonyl (C=O) groups excluding carboxylic acids is 1. The van der Waals surface area contributed by atoms with Gasteiger partial charge in [0.25, 0.3) is 0 Å². The molecule has 0 unspecified atom stereocenters. The zero-order valence-corrected chi connectivity index (χ0v) is 12.6. The fraction of sp³-hybridized carbons (Fsp3) is 0.500. The number of rotatable bonds is 5. The van der Waals surface area contributed by atoms with E-state index in [2.05, 4.69) is 15.0 Å². The largest absolute Gasteiger partial charge is 0.350 e. The van der Waals surface area contributed by atoms with Gasteiger partial charge in [0.05, 0.1) is 12.2 Å². The van der Waals surface area contributed by atoms with Gasteiger partial charge in [0.15, 0.2) is 0 Å². The number of aromatic nitrogens is 1. The van der Waals surface area contributed by atoms with E-state index in [4.69, 9.17) is 5.73 Å². The fourth-order valence-corrected chi connectivity index (χ4v) is 2.32. The fourth-order valence-electron chi connectivity index (χ4n) is 1.40. The van der Waals surface area contributed by atoms with Gasteiger partial charge in [-0.15, -0.1) is 0 Å². The van der Waals surface area contributed by atoms with Crippen LogP contribution in [0.15, 0.2) is 23.2 Å². The van der Waals surface area contributed by atoms with Gasteiger partial charge < -0.3 is 11.1 Å². The topological polar surface area (TPSA) is 114 Å². The van der Waals surface area contributed by atoms with Crippen molar-refractivity contribution in [3.8, 4) is 0 Å². The molecule has 1 aromatic heterocycles. The first-order valence-corrected chi connectivity index (χ1v) is 7.58. The van der Waals surface area contributed by atoms with Crippen LogP contribution < -0.4 is 15.8 Å². The Hall–Kier alpha value is -1.51. The molecule has 0 bridgehead atoms. The van der Waals surface area contributed by atoms with Crippen LogP contribution in [0.25, 0.3) is 0 Å². The van der Waals surface area contributed by atoms with Crippen molar-refractivity contribution in [3.05, 3.63) is 24.0 Å². The number of nitrogens with two attached hydrogens (primary N) is 1. The van der Waals surface area contributed by atoms with Gasteiger partial charge in [0.1, 0.15) is 4.90 Å². The van der Waals surface area contributed by atoms with Crippen molar-refractivity contribution in [2.24, 2.45) is 5.73 Å². The summed E-state index contributed by atoms with van der Waals surface area (Å²) in [6.45, 7) is 5.36. The molecule has 1 rings (SSSR count). The number of amides is 1. The minimum absolute atomic E-state index is 0.00161. The maximum atomic E-state index is 11.9. The lowest BCUT2D eigenvalue weighted by atomic mass is 10.1. The van der Waals surface area contributed by atoms with Gasteiger partial charge in [-0.05, 0) is 32.9 Å². The third-order valence-electron chi connectivity index (χ3n) is 2.25. The van der Waals surface area contributed by atoms with Crippen LogP contribution in [0.1, 0.15) is 26.5 Å². The number of nitrogens with zero attached hydrogens (tertiary/aromatic N) is 1. The first-order chi connectivity index (χ1) is 9.14. The summed E-state index contributed by atoms with van der Waals surface area (Å²) in [7, 11) is -3.75. The highest BCUT2D eigenvalue weighted by molar-refractivity contribution is 7.89. The molecule has 1 heterocycles. The summed E-state index contributed by atoms with van der Waals surface area (Å²) in [5, 5.41) is 2.66. The van der Waals surface area contributed by atoms with Gasteiger partial charge in [-0.1, -0.05) is 0 Å². The lowest BCUT2D eigenvalue weighted by Gasteiger charge is -2.20. The second-order valence-corrected chi connectivity index (χ2v) is 7.08. The van der Waals surface area contributed by atoms with Crippen LogP contribution in [0.2, 0.25) is 0 Å². The summed E-state index contributed by atoms with van der Waals surface area (Å²) in [5.41, 5.74) is 5.57. The van der Waals surface area contributed by atoms with E-state index in [9.17, 15) is 13.2 Å². The van der Waals surface area contributed by atoms with Crippen LogP contribution in [0, 0.1) is 0 Å². The molecule has 0 saturated carbocycles. The van der Waals surface area contributed by atoms with Gasteiger partial charge in [-0.2, -0.15) is 0 Å². The molecule has 4 N–H and O–H groups in total. The number of carbonyl (C=O) groups is 1. The van der Waals surface area contributed by atoms with Crippen LogP contribution in [0.5, 0.6) is 0 Å². The molecule has 112 valence electrons. The Bertz CT molecular complexity index is 561. The maximum absolute atomic E-state index is 11.9. The van der Waals surface area contributed by atoms with Gasteiger partial charge in [-0.3, -0.25) is 9.78 Å². The third-order valence-corrected chi connectivity index (χ3v) is 3.64. The number of nitrogens with one attached hydrogen (secondary N) is 2. The second-order valence-electron chi connectivity index (χ2n) is 5.31. The Morgan fingerprint density at radius 1 is 1.35 bits per heavy atom. The summed E-state index contributed by atoms with van der Waals surface area (Å²) < 4.78 is 26.1. The maximum Gasteiger partial charge on any atom is 0.242 e. The molecular weight excluding hydrogens is 280 g/mol. The molecule has 0 atom stereocenters. The van der Waals surface area contributed by atoms with E-state index in [1.54, 1.807) is 0 Å². The van der Waals surface area contributed by atoms with E-state index < -0.39 is 21.5 Å². The first-order valence-electron chi connectivity index (χ1n) is 6.10. The van der Waals surface area contributed by atoms with E-state index in [-0.39, 0.29) is 18.0 Å². The number of hydrogen-bond acceptors (Lipinski definition) is 5. The van der Waals surface area contributed by atoms with E-state index in [1.807, 2.05) is 20.8 Å². The van der Waals surface area contributed by atoms with Crippen LogP contribution in [-0.2, 0) is 21.4 Å². The van der Waals surface area contributed by atoms with Gasteiger partial charge in [-0.25, -0.2) is 13.1 Å². The smallest absolute Gasteiger partial charge is 0.242 e. The predicted octanol–water partition coefficient (Wildman–Crippen LogP) is -0.267. The Kier molecular flexibility index (Phi) is 5.21. The molecule has 0 radical (unpaired) electrons. The second kappa shape index (κ2) is 6.29. The molecule has 0 spiro atoms. The average molecular weight is 300 g/mol. The highest BCUT2D eigenvalue weighted by Gasteiger charge is 2.18. The highest BCUT2D eigenvalue weighted by Crippen LogP contribution is 2.07. The zero-order chi connectivity index (χ0) is 15.4. The summed E-state index contributed by atoms with van der Waals surface area (Å²) in [5.74, 6) is -0.396. The van der Waals surface area contributed by atoms with Crippen molar-refractivity contribution >= 4 is 15.9 Å². The van der Waals surface area contributed by atoms with E-state index in [0.29, 0.717) is 5.69 Å². The Morgan fingerprint density at radius 3 is 2.45 bits per heavy atom. The molecule has 0 aromatic carbocycles. The van der Waals surface area contributed by atoms with Gasteiger partial charge in [0, 0.05) is 18.3 Å². The minimum atomic E-state index is -3.75. The average Bonchev–Trinajstić information content (AvgIpc) is 2.35. The number of sulfonamides is 1. The molecule has 7 nitrogen and oxygen atoms in total.